The number of carbonyl (C=O) groups excluding carboxylic acids is 1. The highest BCUT2D eigenvalue weighted by Crippen LogP contribution is 2.20. The molecule has 1 aromatic carbocycles. The van der Waals surface area contributed by atoms with Crippen molar-refractivity contribution in [3.63, 3.8) is 0 Å². The first-order chi connectivity index (χ1) is 8.04. The Labute approximate surface area is 97.0 Å². The van der Waals surface area contributed by atoms with Crippen LogP contribution in [-0.4, -0.2) is 23.9 Å². The molecule has 0 atom stereocenters. The summed E-state index contributed by atoms with van der Waals surface area (Å²) in [5.41, 5.74) is -0.425. The van der Waals surface area contributed by atoms with Crippen LogP contribution >= 0.6 is 0 Å². The second-order valence-electron chi connectivity index (χ2n) is 3.25. The topological polar surface area (TPSA) is 84.3 Å². The van der Waals surface area contributed by atoms with Crippen LogP contribution in [0.25, 0.3) is 0 Å². The van der Waals surface area contributed by atoms with Crippen LogP contribution in [0.2, 0.25) is 0 Å². The maximum Gasteiger partial charge on any atom is 0.304 e. The van der Waals surface area contributed by atoms with Gasteiger partial charge in [-0.1, -0.05) is 6.92 Å². The standard InChI is InChI=1S/C10H12FN3O3/c1-2-12-6-10(15)13-7-3-4-9(14(16)17)8(11)5-7/h3-5,12H,2,6H2,1H3,(H,13,15). The average Bonchev–Trinajstić information content (AvgIpc) is 2.26. The van der Waals surface area contributed by atoms with Crippen molar-refractivity contribution in [3.8, 4) is 0 Å². The second-order valence-corrected chi connectivity index (χ2v) is 3.25. The third-order valence-corrected chi connectivity index (χ3v) is 1.96. The van der Waals surface area contributed by atoms with Gasteiger partial charge in [0.25, 0.3) is 0 Å². The molecule has 0 aliphatic heterocycles. The first-order valence-corrected chi connectivity index (χ1v) is 4.99. The third-order valence-electron chi connectivity index (χ3n) is 1.96. The fraction of sp³-hybridized carbons (Fsp3) is 0.300. The molecule has 0 aromatic heterocycles. The van der Waals surface area contributed by atoms with Gasteiger partial charge in [-0.3, -0.25) is 14.9 Å². The first-order valence-electron chi connectivity index (χ1n) is 4.99. The second kappa shape index (κ2) is 5.90. The predicted molar refractivity (Wildman–Crippen MR) is 60.2 cm³/mol. The van der Waals surface area contributed by atoms with E-state index < -0.39 is 16.4 Å². The highest BCUT2D eigenvalue weighted by Gasteiger charge is 2.14. The Morgan fingerprint density at radius 2 is 2.24 bits per heavy atom. The summed E-state index contributed by atoms with van der Waals surface area (Å²) in [4.78, 5) is 20.8. The average molecular weight is 241 g/mol. The summed E-state index contributed by atoms with van der Waals surface area (Å²) >= 11 is 0. The lowest BCUT2D eigenvalue weighted by molar-refractivity contribution is -0.387. The summed E-state index contributed by atoms with van der Waals surface area (Å²) in [6, 6.07) is 3.21. The zero-order chi connectivity index (χ0) is 12.8. The van der Waals surface area contributed by atoms with Gasteiger partial charge in [-0.2, -0.15) is 4.39 Å². The highest BCUT2D eigenvalue weighted by atomic mass is 19.1. The van der Waals surface area contributed by atoms with Crippen molar-refractivity contribution < 1.29 is 14.1 Å². The number of rotatable bonds is 5. The number of anilines is 1. The first kappa shape index (κ1) is 13.0. The number of benzene rings is 1. The minimum Gasteiger partial charge on any atom is -0.325 e. The quantitative estimate of drug-likeness (QED) is 0.600. The van der Waals surface area contributed by atoms with Crippen LogP contribution in [0.1, 0.15) is 6.92 Å². The molecule has 2 N–H and O–H groups in total. The van der Waals surface area contributed by atoms with E-state index in [9.17, 15) is 19.3 Å². The summed E-state index contributed by atoms with van der Waals surface area (Å²) in [5.74, 6) is -1.31. The molecule has 1 amide bonds. The summed E-state index contributed by atoms with van der Waals surface area (Å²) < 4.78 is 13.2. The molecule has 1 aromatic rings. The van der Waals surface area contributed by atoms with E-state index in [1.807, 2.05) is 6.92 Å². The number of halogens is 1. The molecule has 0 unspecified atom stereocenters. The van der Waals surface area contributed by atoms with Gasteiger partial charge in [-0.25, -0.2) is 0 Å². The largest absolute Gasteiger partial charge is 0.325 e. The maximum absolute atomic E-state index is 13.2. The van der Waals surface area contributed by atoms with Crippen LogP contribution in [0.5, 0.6) is 0 Å². The van der Waals surface area contributed by atoms with E-state index in [0.717, 1.165) is 12.1 Å². The maximum atomic E-state index is 13.2. The molecule has 0 heterocycles. The summed E-state index contributed by atoms with van der Waals surface area (Å²) in [6.45, 7) is 2.59. The zero-order valence-corrected chi connectivity index (χ0v) is 9.20. The zero-order valence-electron chi connectivity index (χ0n) is 9.20. The van der Waals surface area contributed by atoms with Crippen molar-refractivity contribution >= 4 is 17.3 Å². The van der Waals surface area contributed by atoms with Gasteiger partial charge in [0.2, 0.25) is 11.7 Å². The number of nitro groups is 1. The summed E-state index contributed by atoms with van der Waals surface area (Å²) in [7, 11) is 0. The molecule has 0 aliphatic carbocycles. The van der Waals surface area contributed by atoms with Crippen LogP contribution in [0, 0.1) is 15.9 Å². The molecule has 0 spiro atoms. The van der Waals surface area contributed by atoms with Crippen LogP contribution < -0.4 is 10.6 Å². The molecule has 92 valence electrons. The number of amides is 1. The molecule has 0 saturated heterocycles. The van der Waals surface area contributed by atoms with Crippen molar-refractivity contribution in [2.45, 2.75) is 6.92 Å². The number of hydrogen-bond acceptors (Lipinski definition) is 4. The van der Waals surface area contributed by atoms with E-state index in [0.29, 0.717) is 6.54 Å². The summed E-state index contributed by atoms with van der Waals surface area (Å²) in [5, 5.41) is 15.6. The number of hydrogen-bond donors (Lipinski definition) is 2. The van der Waals surface area contributed by atoms with Crippen molar-refractivity contribution in [2.24, 2.45) is 0 Å². The minimum absolute atomic E-state index is 0.106. The Hall–Kier alpha value is -2.02. The molecule has 7 heteroatoms. The molecular formula is C10H12FN3O3. The Bertz CT molecular complexity index is 437. The van der Waals surface area contributed by atoms with E-state index >= 15 is 0 Å². The fourth-order valence-electron chi connectivity index (χ4n) is 1.18. The van der Waals surface area contributed by atoms with Crippen molar-refractivity contribution in [3.05, 3.63) is 34.1 Å². The molecule has 0 saturated carbocycles. The highest BCUT2D eigenvalue weighted by molar-refractivity contribution is 5.92. The van der Waals surface area contributed by atoms with Crippen molar-refractivity contribution in [1.82, 2.24) is 5.32 Å². The molecule has 0 fully saturated rings. The number of likely N-dealkylation sites (N-methyl/N-ethyl adjacent to an activating group) is 1. The normalized spacial score (nSPS) is 10.0. The Balaban J connectivity index is 2.70. The Kier molecular flexibility index (Phi) is 4.53. The van der Waals surface area contributed by atoms with Gasteiger partial charge in [0.15, 0.2) is 0 Å². The van der Waals surface area contributed by atoms with Gasteiger partial charge >= 0.3 is 5.69 Å². The van der Waals surface area contributed by atoms with E-state index in [1.54, 1.807) is 0 Å². The van der Waals surface area contributed by atoms with Gasteiger partial charge < -0.3 is 10.6 Å². The van der Waals surface area contributed by atoms with Gasteiger partial charge in [-0.15, -0.1) is 0 Å². The van der Waals surface area contributed by atoms with Gasteiger partial charge in [0, 0.05) is 17.8 Å². The number of carbonyl (C=O) groups is 1. The van der Waals surface area contributed by atoms with E-state index in [2.05, 4.69) is 10.6 Å². The Morgan fingerprint density at radius 1 is 1.53 bits per heavy atom. The van der Waals surface area contributed by atoms with Crippen LogP contribution in [0.4, 0.5) is 15.8 Å². The minimum atomic E-state index is -0.976. The molecule has 1 rings (SSSR count). The van der Waals surface area contributed by atoms with Crippen molar-refractivity contribution in [1.29, 1.82) is 0 Å². The van der Waals surface area contributed by atoms with E-state index in [4.69, 9.17) is 0 Å². The lowest BCUT2D eigenvalue weighted by atomic mass is 10.2. The summed E-state index contributed by atoms with van der Waals surface area (Å²) in [6.07, 6.45) is 0. The molecule has 0 radical (unpaired) electrons. The van der Waals surface area contributed by atoms with Crippen LogP contribution in [0.15, 0.2) is 18.2 Å². The molecular weight excluding hydrogens is 229 g/mol. The van der Waals surface area contributed by atoms with Gasteiger partial charge in [0.05, 0.1) is 11.5 Å². The third kappa shape index (κ3) is 3.80. The fourth-order valence-corrected chi connectivity index (χ4v) is 1.18. The molecule has 0 bridgehead atoms. The number of nitrogens with zero attached hydrogens (tertiary/aromatic N) is 1. The van der Waals surface area contributed by atoms with Crippen molar-refractivity contribution in [2.75, 3.05) is 18.4 Å². The predicted octanol–water partition coefficient (Wildman–Crippen LogP) is 1.28. The van der Waals surface area contributed by atoms with Gasteiger partial charge in [0.1, 0.15) is 0 Å². The van der Waals surface area contributed by atoms with Crippen LogP contribution in [0.3, 0.4) is 0 Å². The van der Waals surface area contributed by atoms with Crippen LogP contribution in [-0.2, 0) is 4.79 Å². The monoisotopic (exact) mass is 241 g/mol. The smallest absolute Gasteiger partial charge is 0.304 e. The number of nitro benzene ring substituents is 1. The molecule has 6 nitrogen and oxygen atoms in total. The molecule has 0 aliphatic rings. The Morgan fingerprint density at radius 3 is 2.76 bits per heavy atom. The van der Waals surface area contributed by atoms with E-state index in [1.165, 1.54) is 6.07 Å². The number of nitrogens with one attached hydrogen (secondary N) is 2. The van der Waals surface area contributed by atoms with Gasteiger partial charge in [-0.05, 0) is 12.6 Å². The lowest BCUT2D eigenvalue weighted by Gasteiger charge is -2.05. The SMILES string of the molecule is CCNCC(=O)Nc1ccc([N+](=O)[O-])c(F)c1. The van der Waals surface area contributed by atoms with E-state index in [-0.39, 0.29) is 18.1 Å². The lowest BCUT2D eigenvalue weighted by Crippen LogP contribution is -2.27. The molecule has 17 heavy (non-hydrogen) atoms.